The van der Waals surface area contributed by atoms with Crippen LogP contribution in [0.2, 0.25) is 0 Å². The van der Waals surface area contributed by atoms with Gasteiger partial charge >= 0.3 is 11.9 Å². The van der Waals surface area contributed by atoms with E-state index in [1.165, 1.54) is 141 Å². The minimum atomic E-state index is -0.115. The second-order valence-electron chi connectivity index (χ2n) is 15.1. The van der Waals surface area contributed by atoms with E-state index in [9.17, 15) is 9.59 Å². The molecule has 3 atom stereocenters. The van der Waals surface area contributed by atoms with Crippen molar-refractivity contribution in [3.05, 3.63) is 12.7 Å². The van der Waals surface area contributed by atoms with Crippen LogP contribution in [-0.4, -0.2) is 43.7 Å². The lowest BCUT2D eigenvalue weighted by molar-refractivity contribution is -0.190. The molecular weight excluding hydrogens is 624 g/mol. The number of carbonyl (C=O) groups is 2. The first-order chi connectivity index (χ1) is 24.6. The number of hydrogen-bond donors (Lipinski definition) is 0. The number of carbonyl (C=O) groups excluding carboxylic acids is 2. The minimum absolute atomic E-state index is 0.0176. The number of rotatable bonds is 37. The highest BCUT2D eigenvalue weighted by Gasteiger charge is 2.19. The van der Waals surface area contributed by atoms with Crippen molar-refractivity contribution in [2.75, 3.05) is 13.2 Å². The average molecular weight is 707 g/mol. The van der Waals surface area contributed by atoms with Gasteiger partial charge in [0.15, 0.2) is 6.29 Å². The summed E-state index contributed by atoms with van der Waals surface area (Å²) in [5.41, 5.74) is 0. The molecule has 1 heterocycles. The van der Waals surface area contributed by atoms with Gasteiger partial charge in [-0.25, -0.2) is 0 Å². The third-order valence-electron chi connectivity index (χ3n) is 10.2. The standard InChI is InChI=1S/C44H82O6/c1-4-7-9-23-31-40(32-25-19-15-11-13-17-21-27-35-42(45)47-38-6-3)49-43(46)36-28-22-18-14-12-16-20-26-34-41(33-24-10-8-5-2)50-44-37-29-30-39-48-44/h6,40-41,44H,3-5,7-39H2,1-2H3. The van der Waals surface area contributed by atoms with Crippen molar-refractivity contribution in [3.63, 3.8) is 0 Å². The van der Waals surface area contributed by atoms with Crippen LogP contribution in [0.4, 0.5) is 0 Å². The Hall–Kier alpha value is -1.40. The molecule has 0 amide bonds. The lowest BCUT2D eigenvalue weighted by Gasteiger charge is -2.28. The van der Waals surface area contributed by atoms with E-state index < -0.39 is 0 Å². The van der Waals surface area contributed by atoms with E-state index in [0.717, 1.165) is 64.4 Å². The fourth-order valence-corrected chi connectivity index (χ4v) is 7.05. The smallest absolute Gasteiger partial charge is 0.306 e. The number of hydrogen-bond acceptors (Lipinski definition) is 6. The summed E-state index contributed by atoms with van der Waals surface area (Å²) >= 11 is 0. The molecule has 0 radical (unpaired) electrons. The van der Waals surface area contributed by atoms with Crippen molar-refractivity contribution >= 4 is 11.9 Å². The van der Waals surface area contributed by atoms with E-state index in [-0.39, 0.29) is 24.3 Å². The molecular formula is C44H82O6. The van der Waals surface area contributed by atoms with Gasteiger partial charge < -0.3 is 18.9 Å². The molecule has 0 aromatic carbocycles. The van der Waals surface area contributed by atoms with Crippen LogP contribution in [-0.2, 0) is 28.5 Å². The highest BCUT2D eigenvalue weighted by atomic mass is 16.7. The molecule has 50 heavy (non-hydrogen) atoms. The van der Waals surface area contributed by atoms with E-state index in [0.29, 0.717) is 25.6 Å². The Morgan fingerprint density at radius 2 is 1.04 bits per heavy atom. The molecule has 0 bridgehead atoms. The predicted octanol–water partition coefficient (Wildman–Crippen LogP) is 13.3. The minimum Gasteiger partial charge on any atom is -0.462 e. The molecule has 294 valence electrons. The molecule has 1 aliphatic heterocycles. The molecule has 1 saturated heterocycles. The molecule has 0 aromatic rings. The summed E-state index contributed by atoms with van der Waals surface area (Å²) in [7, 11) is 0. The Balaban J connectivity index is 2.11. The summed E-state index contributed by atoms with van der Waals surface area (Å²) in [5, 5.41) is 0. The van der Waals surface area contributed by atoms with Crippen molar-refractivity contribution in [2.24, 2.45) is 0 Å². The second-order valence-corrected chi connectivity index (χ2v) is 15.1. The highest BCUT2D eigenvalue weighted by Crippen LogP contribution is 2.23. The van der Waals surface area contributed by atoms with Crippen LogP contribution in [0.15, 0.2) is 12.7 Å². The largest absolute Gasteiger partial charge is 0.462 e. The Bertz CT molecular complexity index is 764. The zero-order valence-corrected chi connectivity index (χ0v) is 33.2. The van der Waals surface area contributed by atoms with Gasteiger partial charge in [-0.05, 0) is 70.6 Å². The van der Waals surface area contributed by atoms with Crippen LogP contribution >= 0.6 is 0 Å². The number of ether oxygens (including phenoxy) is 4. The first-order valence-electron chi connectivity index (χ1n) is 21.8. The zero-order valence-electron chi connectivity index (χ0n) is 33.2. The summed E-state index contributed by atoms with van der Waals surface area (Å²) in [4.78, 5) is 24.2. The molecule has 6 nitrogen and oxygen atoms in total. The highest BCUT2D eigenvalue weighted by molar-refractivity contribution is 5.69. The third kappa shape index (κ3) is 30.2. The first-order valence-corrected chi connectivity index (χ1v) is 21.8. The van der Waals surface area contributed by atoms with Gasteiger partial charge in [-0.2, -0.15) is 0 Å². The topological polar surface area (TPSA) is 71.1 Å². The monoisotopic (exact) mass is 707 g/mol. The first kappa shape index (κ1) is 46.6. The Morgan fingerprint density at radius 1 is 0.600 bits per heavy atom. The maximum Gasteiger partial charge on any atom is 0.306 e. The van der Waals surface area contributed by atoms with Crippen LogP contribution in [0, 0.1) is 0 Å². The van der Waals surface area contributed by atoms with Gasteiger partial charge in [-0.1, -0.05) is 155 Å². The Morgan fingerprint density at radius 3 is 1.50 bits per heavy atom. The quantitative estimate of drug-likeness (QED) is 0.0364. The van der Waals surface area contributed by atoms with Gasteiger partial charge in [0.25, 0.3) is 0 Å². The molecule has 0 N–H and O–H groups in total. The summed E-state index contributed by atoms with van der Waals surface area (Å²) in [6.07, 6.45) is 40.1. The lowest BCUT2D eigenvalue weighted by atomic mass is 10.0. The fraction of sp³-hybridized carbons (Fsp3) is 0.909. The molecule has 1 fully saturated rings. The molecule has 0 aromatic heterocycles. The van der Waals surface area contributed by atoms with E-state index in [4.69, 9.17) is 18.9 Å². The van der Waals surface area contributed by atoms with Gasteiger partial charge in [-0.3, -0.25) is 9.59 Å². The van der Waals surface area contributed by atoms with E-state index in [1.54, 1.807) is 6.08 Å². The summed E-state index contributed by atoms with van der Waals surface area (Å²) in [6.45, 7) is 9.26. The fourth-order valence-electron chi connectivity index (χ4n) is 7.05. The number of unbranched alkanes of at least 4 members (excludes halogenated alkanes) is 20. The molecule has 1 aliphatic rings. The molecule has 6 heteroatoms. The van der Waals surface area contributed by atoms with Crippen molar-refractivity contribution in [1.82, 2.24) is 0 Å². The maximum atomic E-state index is 12.7. The normalized spacial score (nSPS) is 15.8. The van der Waals surface area contributed by atoms with Gasteiger partial charge in [-0.15, -0.1) is 0 Å². The predicted molar refractivity (Wildman–Crippen MR) is 209 cm³/mol. The zero-order chi connectivity index (χ0) is 36.2. The number of esters is 2. The molecule has 3 unspecified atom stereocenters. The Labute approximate surface area is 310 Å². The van der Waals surface area contributed by atoms with E-state index >= 15 is 0 Å². The summed E-state index contributed by atoms with van der Waals surface area (Å²) in [5.74, 6) is -0.0974. The molecule has 0 aliphatic carbocycles. The van der Waals surface area contributed by atoms with Crippen molar-refractivity contribution in [3.8, 4) is 0 Å². The second kappa shape index (κ2) is 36.0. The molecule has 1 rings (SSSR count). The van der Waals surface area contributed by atoms with Gasteiger partial charge in [0, 0.05) is 19.4 Å². The van der Waals surface area contributed by atoms with Crippen LogP contribution in [0.25, 0.3) is 0 Å². The van der Waals surface area contributed by atoms with Gasteiger partial charge in [0.05, 0.1) is 6.10 Å². The Kier molecular flexibility index (Phi) is 33.5. The maximum absolute atomic E-state index is 12.7. The third-order valence-corrected chi connectivity index (χ3v) is 10.2. The van der Waals surface area contributed by atoms with Gasteiger partial charge in [0.1, 0.15) is 12.7 Å². The van der Waals surface area contributed by atoms with E-state index in [2.05, 4.69) is 20.4 Å². The van der Waals surface area contributed by atoms with Crippen LogP contribution in [0.1, 0.15) is 226 Å². The molecule has 0 saturated carbocycles. The van der Waals surface area contributed by atoms with Gasteiger partial charge in [0.2, 0.25) is 0 Å². The average Bonchev–Trinajstić information content (AvgIpc) is 3.12. The van der Waals surface area contributed by atoms with Crippen molar-refractivity contribution in [1.29, 1.82) is 0 Å². The van der Waals surface area contributed by atoms with Crippen molar-refractivity contribution in [2.45, 2.75) is 244 Å². The van der Waals surface area contributed by atoms with Crippen molar-refractivity contribution < 1.29 is 28.5 Å². The lowest BCUT2D eigenvalue weighted by Crippen LogP contribution is -2.28. The van der Waals surface area contributed by atoms with E-state index in [1.807, 2.05) is 0 Å². The van der Waals surface area contributed by atoms with Crippen LogP contribution < -0.4 is 0 Å². The SMILES string of the molecule is C=CCOC(=O)CCCCCCCCCCC(CCCCCC)OC(=O)CCCCCCCCCCC(CCCCCC)OC1CCCCO1. The molecule has 0 spiro atoms. The van der Waals surface area contributed by atoms with Crippen LogP contribution in [0.5, 0.6) is 0 Å². The summed E-state index contributed by atoms with van der Waals surface area (Å²) < 4.78 is 23.3. The summed E-state index contributed by atoms with van der Waals surface area (Å²) in [6, 6.07) is 0. The van der Waals surface area contributed by atoms with Crippen LogP contribution in [0.3, 0.4) is 0 Å².